The van der Waals surface area contributed by atoms with E-state index in [1.54, 1.807) is 0 Å². The summed E-state index contributed by atoms with van der Waals surface area (Å²) in [5.74, 6) is 0.636. The summed E-state index contributed by atoms with van der Waals surface area (Å²) in [5.41, 5.74) is -0.00852. The number of carbonyl (C=O) groups is 1. The van der Waals surface area contributed by atoms with Gasteiger partial charge in [-0.3, -0.25) is 0 Å². The van der Waals surface area contributed by atoms with E-state index >= 15 is 0 Å². The SMILES string of the molecule is CC(NC(=O)NCC1(CO)CC1)C1CCCCC1. The van der Waals surface area contributed by atoms with Gasteiger partial charge in [0.2, 0.25) is 0 Å². The molecule has 0 radical (unpaired) electrons. The molecule has 0 aromatic heterocycles. The molecule has 0 aromatic carbocycles. The Hall–Kier alpha value is -0.770. The zero-order valence-corrected chi connectivity index (χ0v) is 11.4. The maximum atomic E-state index is 11.8. The number of rotatable bonds is 5. The summed E-state index contributed by atoms with van der Waals surface area (Å²) in [6, 6.07) is 0.183. The number of hydrogen-bond donors (Lipinski definition) is 3. The molecule has 4 heteroatoms. The van der Waals surface area contributed by atoms with E-state index in [1.165, 1.54) is 32.1 Å². The molecule has 0 spiro atoms. The minimum atomic E-state index is -0.0761. The molecule has 4 nitrogen and oxygen atoms in total. The van der Waals surface area contributed by atoms with E-state index in [1.807, 2.05) is 0 Å². The molecule has 2 aliphatic carbocycles. The summed E-state index contributed by atoms with van der Waals surface area (Å²) in [4.78, 5) is 11.8. The Morgan fingerprint density at radius 1 is 1.33 bits per heavy atom. The van der Waals surface area contributed by atoms with E-state index < -0.39 is 0 Å². The lowest BCUT2D eigenvalue weighted by molar-refractivity contribution is 0.199. The molecule has 18 heavy (non-hydrogen) atoms. The average Bonchev–Trinajstić information content (AvgIpc) is 3.18. The van der Waals surface area contributed by atoms with Crippen LogP contribution in [0.4, 0.5) is 4.79 Å². The van der Waals surface area contributed by atoms with Crippen LogP contribution in [-0.2, 0) is 0 Å². The molecular weight excluding hydrogens is 228 g/mol. The lowest BCUT2D eigenvalue weighted by Crippen LogP contribution is -2.46. The molecule has 2 fully saturated rings. The number of nitrogens with one attached hydrogen (secondary N) is 2. The maximum absolute atomic E-state index is 11.8. The first-order chi connectivity index (χ1) is 8.65. The van der Waals surface area contributed by atoms with Gasteiger partial charge in [-0.05, 0) is 38.5 Å². The fraction of sp³-hybridized carbons (Fsp3) is 0.929. The third-order valence-corrected chi connectivity index (χ3v) is 4.63. The molecular formula is C14H26N2O2. The van der Waals surface area contributed by atoms with E-state index in [0.29, 0.717) is 12.5 Å². The second-order valence-electron chi connectivity index (χ2n) is 6.17. The average molecular weight is 254 g/mol. The van der Waals surface area contributed by atoms with Gasteiger partial charge in [-0.2, -0.15) is 0 Å². The van der Waals surface area contributed by atoms with Crippen molar-refractivity contribution < 1.29 is 9.90 Å². The second-order valence-corrected chi connectivity index (χ2v) is 6.17. The van der Waals surface area contributed by atoms with Crippen LogP contribution in [0.15, 0.2) is 0 Å². The normalized spacial score (nSPS) is 24.3. The maximum Gasteiger partial charge on any atom is 0.315 e. The molecule has 0 aromatic rings. The van der Waals surface area contributed by atoms with Crippen LogP contribution >= 0.6 is 0 Å². The van der Waals surface area contributed by atoms with Gasteiger partial charge < -0.3 is 15.7 Å². The van der Waals surface area contributed by atoms with Crippen molar-refractivity contribution >= 4 is 6.03 Å². The van der Waals surface area contributed by atoms with Gasteiger partial charge in [-0.25, -0.2) is 4.79 Å². The van der Waals surface area contributed by atoms with Crippen molar-refractivity contribution in [2.45, 2.75) is 57.9 Å². The molecule has 2 amide bonds. The number of hydrogen-bond acceptors (Lipinski definition) is 2. The molecule has 104 valence electrons. The number of amides is 2. The predicted molar refractivity (Wildman–Crippen MR) is 71.3 cm³/mol. The Bertz CT molecular complexity index is 284. The first-order valence-corrected chi connectivity index (χ1v) is 7.30. The van der Waals surface area contributed by atoms with Gasteiger partial charge in [0.25, 0.3) is 0 Å². The third kappa shape index (κ3) is 3.61. The van der Waals surface area contributed by atoms with Crippen molar-refractivity contribution in [2.24, 2.45) is 11.3 Å². The monoisotopic (exact) mass is 254 g/mol. The Balaban J connectivity index is 1.66. The molecule has 0 bridgehead atoms. The zero-order chi connectivity index (χ0) is 13.0. The van der Waals surface area contributed by atoms with Crippen LogP contribution in [0.2, 0.25) is 0 Å². The largest absolute Gasteiger partial charge is 0.396 e. The van der Waals surface area contributed by atoms with E-state index in [-0.39, 0.29) is 24.1 Å². The van der Waals surface area contributed by atoms with E-state index in [4.69, 9.17) is 0 Å². The van der Waals surface area contributed by atoms with E-state index in [9.17, 15) is 9.90 Å². The number of urea groups is 1. The topological polar surface area (TPSA) is 61.4 Å². The smallest absolute Gasteiger partial charge is 0.315 e. The Morgan fingerprint density at radius 2 is 2.00 bits per heavy atom. The highest BCUT2D eigenvalue weighted by molar-refractivity contribution is 5.74. The summed E-state index contributed by atoms with van der Waals surface area (Å²) in [6.45, 7) is 2.90. The predicted octanol–water partition coefficient (Wildman–Crippen LogP) is 2.03. The molecule has 0 saturated heterocycles. The van der Waals surface area contributed by atoms with Crippen molar-refractivity contribution in [3.8, 4) is 0 Å². The van der Waals surface area contributed by atoms with Crippen molar-refractivity contribution in [2.75, 3.05) is 13.2 Å². The van der Waals surface area contributed by atoms with Crippen molar-refractivity contribution in [3.63, 3.8) is 0 Å². The van der Waals surface area contributed by atoms with Crippen LogP contribution in [-0.4, -0.2) is 30.3 Å². The fourth-order valence-electron chi connectivity index (χ4n) is 2.85. The van der Waals surface area contributed by atoms with Crippen molar-refractivity contribution in [1.82, 2.24) is 10.6 Å². The highest BCUT2D eigenvalue weighted by atomic mass is 16.3. The molecule has 3 N–H and O–H groups in total. The van der Waals surface area contributed by atoms with Gasteiger partial charge in [-0.15, -0.1) is 0 Å². The standard InChI is InChI=1S/C14H26N2O2/c1-11(12-5-3-2-4-6-12)16-13(18)15-9-14(10-17)7-8-14/h11-12,17H,2-10H2,1H3,(H2,15,16,18). The quantitative estimate of drug-likeness (QED) is 0.703. The molecule has 0 heterocycles. The third-order valence-electron chi connectivity index (χ3n) is 4.63. The molecule has 2 saturated carbocycles. The number of aliphatic hydroxyl groups is 1. The van der Waals surface area contributed by atoms with E-state index in [0.717, 1.165) is 12.8 Å². The minimum absolute atomic E-state index is 0.00852. The Labute approximate surface area is 110 Å². The summed E-state index contributed by atoms with van der Waals surface area (Å²) >= 11 is 0. The first-order valence-electron chi connectivity index (χ1n) is 7.30. The lowest BCUT2D eigenvalue weighted by atomic mass is 9.85. The highest BCUT2D eigenvalue weighted by Gasteiger charge is 2.42. The van der Waals surface area contributed by atoms with E-state index in [2.05, 4.69) is 17.6 Å². The van der Waals surface area contributed by atoms with Crippen LogP contribution in [0.5, 0.6) is 0 Å². The summed E-state index contributed by atoms with van der Waals surface area (Å²) < 4.78 is 0. The molecule has 0 aliphatic heterocycles. The number of carbonyl (C=O) groups excluding carboxylic acids is 1. The van der Waals surface area contributed by atoms with Crippen molar-refractivity contribution in [1.29, 1.82) is 0 Å². The molecule has 1 atom stereocenters. The van der Waals surface area contributed by atoms with Gasteiger partial charge in [-0.1, -0.05) is 19.3 Å². The Morgan fingerprint density at radius 3 is 2.56 bits per heavy atom. The summed E-state index contributed by atoms with van der Waals surface area (Å²) in [5, 5.41) is 15.1. The van der Waals surface area contributed by atoms with Gasteiger partial charge in [0.05, 0.1) is 6.61 Å². The van der Waals surface area contributed by atoms with Crippen LogP contribution in [0.3, 0.4) is 0 Å². The van der Waals surface area contributed by atoms with Crippen LogP contribution in [0, 0.1) is 11.3 Å². The van der Waals surface area contributed by atoms with Crippen LogP contribution in [0.25, 0.3) is 0 Å². The summed E-state index contributed by atoms with van der Waals surface area (Å²) in [6.07, 6.45) is 8.47. The molecule has 2 rings (SSSR count). The zero-order valence-electron chi connectivity index (χ0n) is 11.4. The Kier molecular flexibility index (Phi) is 4.49. The second kappa shape index (κ2) is 5.91. The summed E-state index contributed by atoms with van der Waals surface area (Å²) in [7, 11) is 0. The van der Waals surface area contributed by atoms with Gasteiger partial charge in [0, 0.05) is 18.0 Å². The lowest BCUT2D eigenvalue weighted by Gasteiger charge is -2.28. The fourth-order valence-corrected chi connectivity index (χ4v) is 2.85. The number of aliphatic hydroxyl groups excluding tert-OH is 1. The highest BCUT2D eigenvalue weighted by Crippen LogP contribution is 2.44. The molecule has 2 aliphatic rings. The van der Waals surface area contributed by atoms with Gasteiger partial charge >= 0.3 is 6.03 Å². The van der Waals surface area contributed by atoms with Gasteiger partial charge in [0.1, 0.15) is 0 Å². The van der Waals surface area contributed by atoms with Crippen LogP contribution in [0.1, 0.15) is 51.9 Å². The first kappa shape index (κ1) is 13.7. The van der Waals surface area contributed by atoms with Gasteiger partial charge in [0.15, 0.2) is 0 Å². The minimum Gasteiger partial charge on any atom is -0.396 e. The van der Waals surface area contributed by atoms with Crippen molar-refractivity contribution in [3.05, 3.63) is 0 Å². The molecule has 1 unspecified atom stereocenters. The van der Waals surface area contributed by atoms with Crippen LogP contribution < -0.4 is 10.6 Å².